The van der Waals surface area contributed by atoms with Crippen LogP contribution in [0.3, 0.4) is 0 Å². The highest BCUT2D eigenvalue weighted by Crippen LogP contribution is 2.39. The van der Waals surface area contributed by atoms with E-state index in [0.29, 0.717) is 16.7 Å². The molecule has 23 heavy (non-hydrogen) atoms. The van der Waals surface area contributed by atoms with Gasteiger partial charge in [-0.2, -0.15) is 0 Å². The van der Waals surface area contributed by atoms with Crippen LogP contribution < -0.4 is 0 Å². The molecule has 0 unspecified atom stereocenters. The van der Waals surface area contributed by atoms with Crippen LogP contribution >= 0.6 is 0 Å². The van der Waals surface area contributed by atoms with E-state index in [0.717, 1.165) is 0 Å². The topological polar surface area (TPSA) is 12.9 Å². The first-order valence-electron chi connectivity index (χ1n) is 11.8. The SMILES string of the molecule is [2H]c1c([2H])c([2H])c(-c2cncc(-c3c([2H])c([2H])c([2H])c(C)c3[2H])c2C(C)(C)C)c([2H])c1[2H]. The van der Waals surface area contributed by atoms with E-state index in [1.807, 2.05) is 20.8 Å². The second kappa shape index (κ2) is 6.00. The van der Waals surface area contributed by atoms with Gasteiger partial charge in [0, 0.05) is 23.5 Å². The lowest BCUT2D eigenvalue weighted by molar-refractivity contribution is 0.593. The van der Waals surface area contributed by atoms with Crippen molar-refractivity contribution in [2.45, 2.75) is 33.1 Å². The summed E-state index contributed by atoms with van der Waals surface area (Å²) in [4.78, 5) is 4.23. The molecule has 0 aliphatic carbocycles. The molecule has 0 radical (unpaired) electrons. The maximum absolute atomic E-state index is 8.56. The minimum atomic E-state index is -0.634. The third-order valence-corrected chi connectivity index (χ3v) is 3.48. The number of pyridine rings is 1. The van der Waals surface area contributed by atoms with E-state index in [9.17, 15) is 0 Å². The van der Waals surface area contributed by atoms with Crippen LogP contribution in [-0.4, -0.2) is 4.98 Å². The number of hydrogen-bond donors (Lipinski definition) is 0. The molecule has 0 bridgehead atoms. The fourth-order valence-corrected chi connectivity index (χ4v) is 2.60. The zero-order valence-corrected chi connectivity index (χ0v) is 13.6. The molecular formula is C22H23N. The van der Waals surface area contributed by atoms with E-state index in [2.05, 4.69) is 4.98 Å². The van der Waals surface area contributed by atoms with Crippen LogP contribution in [0.4, 0.5) is 0 Å². The fraction of sp³-hybridized carbons (Fsp3) is 0.227. The van der Waals surface area contributed by atoms with Crippen LogP contribution in [0.25, 0.3) is 22.3 Å². The lowest BCUT2D eigenvalue weighted by atomic mass is 9.78. The molecule has 1 heteroatoms. The molecule has 0 atom stereocenters. The van der Waals surface area contributed by atoms with Crippen molar-refractivity contribution < 1.29 is 12.3 Å². The molecule has 0 saturated heterocycles. The standard InChI is InChI=1S/C22H23N/c1-16-9-8-12-18(13-16)20-15-23-14-19(21(20)22(2,3)4)17-10-6-5-7-11-17/h5-15H,1-4H3/i5D,6D,7D,8D,9D,10D,11D,12D,13D. The smallest absolute Gasteiger partial charge is 0.0632 e. The minimum Gasteiger partial charge on any atom is -0.263 e. The molecule has 3 aromatic rings. The summed E-state index contributed by atoms with van der Waals surface area (Å²) < 4.78 is 73.9. The van der Waals surface area contributed by atoms with Gasteiger partial charge in [-0.05, 0) is 29.0 Å². The molecule has 1 nitrogen and oxygen atoms in total. The van der Waals surface area contributed by atoms with E-state index in [1.165, 1.54) is 12.4 Å². The predicted molar refractivity (Wildman–Crippen MR) is 98.5 cm³/mol. The van der Waals surface area contributed by atoms with Crippen molar-refractivity contribution in [2.24, 2.45) is 0 Å². The van der Waals surface area contributed by atoms with Gasteiger partial charge in [0.15, 0.2) is 0 Å². The Morgan fingerprint density at radius 1 is 0.826 bits per heavy atom. The summed E-state index contributed by atoms with van der Waals surface area (Å²) in [5, 5.41) is 0. The van der Waals surface area contributed by atoms with E-state index in [4.69, 9.17) is 12.3 Å². The summed E-state index contributed by atoms with van der Waals surface area (Å²) in [5.41, 5.74) is 0.978. The maximum Gasteiger partial charge on any atom is 0.0632 e. The monoisotopic (exact) mass is 310 g/mol. The summed E-state index contributed by atoms with van der Waals surface area (Å²) in [5.74, 6) is 0. The second-order valence-electron chi connectivity index (χ2n) is 6.36. The van der Waals surface area contributed by atoms with Gasteiger partial charge in [0.05, 0.1) is 12.3 Å². The van der Waals surface area contributed by atoms with Crippen LogP contribution in [0, 0.1) is 6.92 Å². The van der Waals surface area contributed by atoms with Crippen LogP contribution in [0.2, 0.25) is 0 Å². The summed E-state index contributed by atoms with van der Waals surface area (Å²) in [6, 6.07) is -2.98. The minimum absolute atomic E-state index is 0.00623. The molecule has 116 valence electrons. The summed E-state index contributed by atoms with van der Waals surface area (Å²) in [7, 11) is 0. The molecule has 0 aliphatic heterocycles. The Morgan fingerprint density at radius 3 is 2.09 bits per heavy atom. The van der Waals surface area contributed by atoms with Gasteiger partial charge in [-0.3, -0.25) is 4.98 Å². The van der Waals surface area contributed by atoms with Crippen LogP contribution in [0.5, 0.6) is 0 Å². The van der Waals surface area contributed by atoms with Crippen molar-refractivity contribution in [1.29, 1.82) is 0 Å². The van der Waals surface area contributed by atoms with E-state index < -0.39 is 23.5 Å². The summed E-state index contributed by atoms with van der Waals surface area (Å²) in [6.45, 7) is 7.19. The first-order valence-corrected chi connectivity index (χ1v) is 7.34. The molecule has 0 saturated carbocycles. The first kappa shape index (κ1) is 7.92. The van der Waals surface area contributed by atoms with Crippen LogP contribution in [0.1, 0.15) is 44.2 Å². The molecule has 0 aliphatic rings. The van der Waals surface area contributed by atoms with E-state index in [1.54, 1.807) is 6.92 Å². The first-order chi connectivity index (χ1) is 14.7. The van der Waals surface area contributed by atoms with Gasteiger partial charge in [-0.25, -0.2) is 0 Å². The number of rotatable bonds is 2. The highest BCUT2D eigenvalue weighted by molar-refractivity contribution is 5.79. The van der Waals surface area contributed by atoms with Gasteiger partial charge in [-0.1, -0.05) is 80.7 Å². The lowest BCUT2D eigenvalue weighted by Gasteiger charge is -2.26. The van der Waals surface area contributed by atoms with Crippen molar-refractivity contribution >= 4 is 0 Å². The van der Waals surface area contributed by atoms with Gasteiger partial charge in [0.2, 0.25) is 0 Å². The number of nitrogens with zero attached hydrogens (tertiary/aromatic N) is 1. The molecule has 2 aromatic carbocycles. The Bertz CT molecular complexity index is 1110. The molecule has 0 fully saturated rings. The van der Waals surface area contributed by atoms with E-state index >= 15 is 0 Å². The highest BCUT2D eigenvalue weighted by atomic mass is 14.6. The van der Waals surface area contributed by atoms with Gasteiger partial charge >= 0.3 is 0 Å². The van der Waals surface area contributed by atoms with Crippen molar-refractivity contribution in [2.75, 3.05) is 0 Å². The molecular weight excluding hydrogens is 278 g/mol. The lowest BCUT2D eigenvalue weighted by Crippen LogP contribution is -2.15. The largest absolute Gasteiger partial charge is 0.263 e. The molecule has 1 heterocycles. The van der Waals surface area contributed by atoms with Crippen molar-refractivity contribution in [1.82, 2.24) is 4.98 Å². The average Bonchev–Trinajstić information content (AvgIpc) is 2.73. The summed E-state index contributed by atoms with van der Waals surface area (Å²) in [6.07, 6.45) is 2.89. The quantitative estimate of drug-likeness (QED) is 0.564. The fourth-order valence-electron chi connectivity index (χ4n) is 2.60. The van der Waals surface area contributed by atoms with Crippen molar-refractivity contribution in [3.05, 3.63) is 77.9 Å². The number of hydrogen-bond acceptors (Lipinski definition) is 1. The highest BCUT2D eigenvalue weighted by Gasteiger charge is 2.23. The Labute approximate surface area is 151 Å². The second-order valence-corrected chi connectivity index (χ2v) is 6.36. The van der Waals surface area contributed by atoms with Gasteiger partial charge in [-0.15, -0.1) is 0 Å². The molecule has 0 amide bonds. The Hall–Kier alpha value is -2.41. The van der Waals surface area contributed by atoms with Gasteiger partial charge < -0.3 is 0 Å². The summed E-state index contributed by atoms with van der Waals surface area (Å²) >= 11 is 0. The Balaban J connectivity index is 2.55. The van der Waals surface area contributed by atoms with Gasteiger partial charge in [0.25, 0.3) is 0 Å². The zero-order chi connectivity index (χ0) is 24.3. The van der Waals surface area contributed by atoms with Gasteiger partial charge in [0.1, 0.15) is 0 Å². The Morgan fingerprint density at radius 2 is 1.43 bits per heavy atom. The predicted octanol–water partition coefficient (Wildman–Crippen LogP) is 6.02. The molecule has 3 rings (SSSR count). The van der Waals surface area contributed by atoms with Crippen LogP contribution in [-0.2, 0) is 5.41 Å². The number of benzene rings is 2. The Kier molecular flexibility index (Phi) is 2.07. The number of aromatic nitrogens is 1. The normalized spacial score (nSPS) is 17.0. The van der Waals surface area contributed by atoms with E-state index in [-0.39, 0.29) is 52.9 Å². The molecule has 0 N–H and O–H groups in total. The molecule has 1 aromatic heterocycles. The van der Waals surface area contributed by atoms with Crippen molar-refractivity contribution in [3.63, 3.8) is 0 Å². The average molecular weight is 310 g/mol. The maximum atomic E-state index is 8.56. The molecule has 0 spiro atoms. The third kappa shape index (κ3) is 3.19. The zero-order valence-electron chi connectivity index (χ0n) is 22.6. The third-order valence-electron chi connectivity index (χ3n) is 3.48. The van der Waals surface area contributed by atoms with Crippen LogP contribution in [0.15, 0.2) is 66.8 Å². The van der Waals surface area contributed by atoms with Crippen molar-refractivity contribution in [3.8, 4) is 22.3 Å².